The summed E-state index contributed by atoms with van der Waals surface area (Å²) >= 11 is 2.83. The molecular formula is C14H17N3O3S2. The fourth-order valence-corrected chi connectivity index (χ4v) is 2.51. The van der Waals surface area contributed by atoms with Crippen LogP contribution in [0.1, 0.15) is 5.89 Å². The normalized spacial score (nSPS) is 10.4. The zero-order valence-corrected chi connectivity index (χ0v) is 13.8. The summed E-state index contributed by atoms with van der Waals surface area (Å²) in [5.74, 6) is 2.19. The van der Waals surface area contributed by atoms with E-state index in [2.05, 4.69) is 15.5 Å². The van der Waals surface area contributed by atoms with Gasteiger partial charge in [-0.1, -0.05) is 30.0 Å². The van der Waals surface area contributed by atoms with Gasteiger partial charge in [-0.25, -0.2) is 0 Å². The third-order valence-corrected chi connectivity index (χ3v) is 3.83. The van der Waals surface area contributed by atoms with Crippen LogP contribution in [0, 0.1) is 0 Å². The lowest BCUT2D eigenvalue weighted by Gasteiger charge is -2.06. The number of para-hydroxylation sites is 1. The Hall–Kier alpha value is -1.67. The number of nitrogens with zero attached hydrogens (tertiary/aromatic N) is 2. The smallest absolute Gasteiger partial charge is 0.277 e. The van der Waals surface area contributed by atoms with Crippen molar-refractivity contribution in [2.75, 3.05) is 25.2 Å². The number of hydrogen-bond acceptors (Lipinski definition) is 7. The Bertz CT molecular complexity index is 578. The molecule has 2 rings (SSSR count). The first kappa shape index (κ1) is 16.7. The Labute approximate surface area is 137 Å². The Balaban J connectivity index is 1.59. The highest BCUT2D eigenvalue weighted by Gasteiger charge is 2.09. The van der Waals surface area contributed by atoms with Crippen molar-refractivity contribution in [1.82, 2.24) is 15.5 Å². The van der Waals surface area contributed by atoms with E-state index in [0.717, 1.165) is 5.75 Å². The van der Waals surface area contributed by atoms with Gasteiger partial charge in [-0.3, -0.25) is 4.79 Å². The van der Waals surface area contributed by atoms with Gasteiger partial charge in [-0.15, -0.1) is 10.2 Å². The van der Waals surface area contributed by atoms with E-state index in [4.69, 9.17) is 9.15 Å². The van der Waals surface area contributed by atoms with E-state index in [0.29, 0.717) is 30.0 Å². The average molecular weight is 339 g/mol. The maximum absolute atomic E-state index is 11.7. The number of amides is 1. The summed E-state index contributed by atoms with van der Waals surface area (Å²) in [5.41, 5.74) is 0. The van der Waals surface area contributed by atoms with Crippen LogP contribution in [0.2, 0.25) is 0 Å². The first-order valence-electron chi connectivity index (χ1n) is 6.66. The zero-order chi connectivity index (χ0) is 15.6. The van der Waals surface area contributed by atoms with E-state index < -0.39 is 0 Å². The summed E-state index contributed by atoms with van der Waals surface area (Å²) in [6, 6.07) is 9.48. The predicted molar refractivity (Wildman–Crippen MR) is 87.2 cm³/mol. The number of nitrogens with one attached hydrogen (secondary N) is 1. The van der Waals surface area contributed by atoms with Crippen molar-refractivity contribution in [3.8, 4) is 5.75 Å². The van der Waals surface area contributed by atoms with Crippen LogP contribution in [0.15, 0.2) is 40.0 Å². The Kier molecular flexibility index (Phi) is 7.11. The molecule has 0 radical (unpaired) electrons. The molecule has 22 heavy (non-hydrogen) atoms. The van der Waals surface area contributed by atoms with Gasteiger partial charge in [0.1, 0.15) is 12.4 Å². The minimum atomic E-state index is -0.0914. The summed E-state index contributed by atoms with van der Waals surface area (Å²) in [5, 5.41) is 10.9. The van der Waals surface area contributed by atoms with Crippen LogP contribution in [-0.2, 0) is 10.5 Å². The number of thioether (sulfide) groups is 2. The summed E-state index contributed by atoms with van der Waals surface area (Å²) in [7, 11) is 0. The van der Waals surface area contributed by atoms with Crippen molar-refractivity contribution in [2.45, 2.75) is 11.0 Å². The Morgan fingerprint density at radius 3 is 2.91 bits per heavy atom. The number of rotatable bonds is 9. The van der Waals surface area contributed by atoms with E-state index >= 15 is 0 Å². The van der Waals surface area contributed by atoms with Crippen LogP contribution in [0.5, 0.6) is 5.75 Å². The topological polar surface area (TPSA) is 77.2 Å². The van der Waals surface area contributed by atoms with Crippen molar-refractivity contribution in [2.24, 2.45) is 0 Å². The summed E-state index contributed by atoms with van der Waals surface area (Å²) in [6.45, 7) is 0.884. The number of carbonyl (C=O) groups is 1. The number of hydrogen-bond donors (Lipinski definition) is 1. The maximum Gasteiger partial charge on any atom is 0.277 e. The average Bonchev–Trinajstić information content (AvgIpc) is 2.99. The van der Waals surface area contributed by atoms with Crippen LogP contribution in [0.4, 0.5) is 0 Å². The summed E-state index contributed by atoms with van der Waals surface area (Å²) in [6.07, 6.45) is 1.96. The second-order valence-electron chi connectivity index (χ2n) is 4.19. The van der Waals surface area contributed by atoms with Crippen molar-refractivity contribution < 1.29 is 13.9 Å². The fraction of sp³-hybridized carbons (Fsp3) is 0.357. The van der Waals surface area contributed by atoms with E-state index in [1.165, 1.54) is 11.8 Å². The molecule has 6 nitrogen and oxygen atoms in total. The van der Waals surface area contributed by atoms with Crippen LogP contribution in [-0.4, -0.2) is 41.3 Å². The van der Waals surface area contributed by atoms with Gasteiger partial charge < -0.3 is 14.5 Å². The molecule has 1 N–H and O–H groups in total. The summed E-state index contributed by atoms with van der Waals surface area (Å²) < 4.78 is 10.9. The van der Waals surface area contributed by atoms with Gasteiger partial charge in [0, 0.05) is 0 Å². The molecular weight excluding hydrogens is 322 g/mol. The highest BCUT2D eigenvalue weighted by atomic mass is 32.2. The standard InChI is InChI=1S/C14H17N3O3S2/c1-21-10-13-16-17-14(20-13)22-9-12(18)15-7-8-19-11-5-3-2-4-6-11/h2-6H,7-10H2,1H3,(H,15,18). The van der Waals surface area contributed by atoms with Gasteiger partial charge in [0.25, 0.3) is 5.22 Å². The van der Waals surface area contributed by atoms with Gasteiger partial charge in [-0.2, -0.15) is 11.8 Å². The molecule has 0 saturated heterocycles. The fourth-order valence-electron chi connectivity index (χ4n) is 1.53. The van der Waals surface area contributed by atoms with E-state index in [9.17, 15) is 4.79 Å². The molecule has 1 amide bonds. The van der Waals surface area contributed by atoms with Crippen molar-refractivity contribution in [3.05, 3.63) is 36.2 Å². The second kappa shape index (κ2) is 9.37. The summed E-state index contributed by atoms with van der Waals surface area (Å²) in [4.78, 5) is 11.7. The third kappa shape index (κ3) is 5.98. The van der Waals surface area contributed by atoms with Gasteiger partial charge in [0.15, 0.2) is 0 Å². The molecule has 1 aromatic carbocycles. The Morgan fingerprint density at radius 2 is 2.14 bits per heavy atom. The molecule has 1 heterocycles. The molecule has 2 aromatic rings. The zero-order valence-electron chi connectivity index (χ0n) is 12.2. The van der Waals surface area contributed by atoms with Crippen LogP contribution < -0.4 is 10.1 Å². The van der Waals surface area contributed by atoms with Gasteiger partial charge in [0.05, 0.1) is 18.1 Å². The third-order valence-electron chi connectivity index (χ3n) is 2.48. The quantitative estimate of drug-likeness (QED) is 0.554. The van der Waals surface area contributed by atoms with Gasteiger partial charge in [-0.05, 0) is 18.4 Å². The molecule has 1 aromatic heterocycles. The molecule has 8 heteroatoms. The minimum absolute atomic E-state index is 0.0914. The van der Waals surface area contributed by atoms with E-state index in [-0.39, 0.29) is 11.7 Å². The molecule has 0 aliphatic carbocycles. The van der Waals surface area contributed by atoms with Crippen LogP contribution in [0.25, 0.3) is 0 Å². The lowest BCUT2D eigenvalue weighted by Crippen LogP contribution is -2.29. The van der Waals surface area contributed by atoms with Crippen molar-refractivity contribution in [3.63, 3.8) is 0 Å². The molecule has 0 fully saturated rings. The molecule has 0 saturated carbocycles. The monoisotopic (exact) mass is 339 g/mol. The number of carbonyl (C=O) groups excluding carboxylic acids is 1. The number of ether oxygens (including phenoxy) is 1. The first-order valence-corrected chi connectivity index (χ1v) is 9.04. The van der Waals surface area contributed by atoms with Crippen molar-refractivity contribution in [1.29, 1.82) is 0 Å². The van der Waals surface area contributed by atoms with Crippen LogP contribution >= 0.6 is 23.5 Å². The number of aromatic nitrogens is 2. The largest absolute Gasteiger partial charge is 0.492 e. The predicted octanol–water partition coefficient (Wildman–Crippen LogP) is 2.22. The molecule has 0 aliphatic rings. The second-order valence-corrected chi connectivity index (χ2v) is 5.99. The molecule has 0 bridgehead atoms. The molecule has 0 unspecified atom stereocenters. The highest BCUT2D eigenvalue weighted by Crippen LogP contribution is 2.17. The molecule has 118 valence electrons. The minimum Gasteiger partial charge on any atom is -0.492 e. The van der Waals surface area contributed by atoms with Crippen molar-refractivity contribution >= 4 is 29.4 Å². The highest BCUT2D eigenvalue weighted by molar-refractivity contribution is 7.99. The van der Waals surface area contributed by atoms with Gasteiger partial charge >= 0.3 is 0 Å². The molecule has 0 aliphatic heterocycles. The Morgan fingerprint density at radius 1 is 1.32 bits per heavy atom. The van der Waals surface area contributed by atoms with E-state index in [1.54, 1.807) is 11.8 Å². The molecule has 0 spiro atoms. The lowest BCUT2D eigenvalue weighted by molar-refractivity contribution is -0.118. The van der Waals surface area contributed by atoms with E-state index in [1.807, 2.05) is 36.6 Å². The van der Waals surface area contributed by atoms with Crippen LogP contribution in [0.3, 0.4) is 0 Å². The SMILES string of the molecule is CSCc1nnc(SCC(=O)NCCOc2ccccc2)o1. The lowest BCUT2D eigenvalue weighted by atomic mass is 10.3. The first-order chi connectivity index (χ1) is 10.8. The number of benzene rings is 1. The maximum atomic E-state index is 11.7. The molecule has 0 atom stereocenters. The van der Waals surface area contributed by atoms with Gasteiger partial charge in [0.2, 0.25) is 11.8 Å².